The van der Waals surface area contributed by atoms with Crippen molar-refractivity contribution in [1.29, 1.82) is 0 Å². The standard InChI is InChI=1S/C21H22N2O4S/c24-15(12-4-1-2-5-13(12)21(25)26)10-17-18(14-6-3-7-16(14)28-17)20-22-19(23-27-20)11-8-9-11/h11H,1-10H2,(H,25,26). The fourth-order valence-electron chi connectivity index (χ4n) is 4.38. The first-order chi connectivity index (χ1) is 13.6. The van der Waals surface area contributed by atoms with Crippen LogP contribution in [0.15, 0.2) is 15.7 Å². The molecule has 0 saturated heterocycles. The number of ketones is 1. The average molecular weight is 398 g/mol. The lowest BCUT2D eigenvalue weighted by Gasteiger charge is -2.16. The fraction of sp³-hybridized carbons (Fsp3) is 0.524. The number of aliphatic carboxylic acids is 1. The number of Topliss-reactive ketones (excluding diaryl/α,β-unsaturated/α-hetero) is 1. The molecule has 7 heteroatoms. The SMILES string of the molecule is O=C(O)C1=C(C(=O)Cc2sc3c(c2-c2nc(C4CC4)no2)CCC3)CCCC1. The van der Waals surface area contributed by atoms with E-state index in [0.717, 1.165) is 61.2 Å². The van der Waals surface area contributed by atoms with Crippen LogP contribution in [-0.2, 0) is 28.9 Å². The van der Waals surface area contributed by atoms with Crippen molar-refractivity contribution in [2.24, 2.45) is 0 Å². The van der Waals surface area contributed by atoms with Gasteiger partial charge in [0.2, 0.25) is 0 Å². The number of aryl methyl sites for hydroxylation is 1. The van der Waals surface area contributed by atoms with E-state index >= 15 is 0 Å². The minimum Gasteiger partial charge on any atom is -0.478 e. The molecule has 0 radical (unpaired) electrons. The summed E-state index contributed by atoms with van der Waals surface area (Å²) in [7, 11) is 0. The topological polar surface area (TPSA) is 93.3 Å². The van der Waals surface area contributed by atoms with E-state index < -0.39 is 5.97 Å². The Hall–Kier alpha value is -2.28. The number of thiophene rings is 1. The zero-order chi connectivity index (χ0) is 19.3. The molecular weight excluding hydrogens is 376 g/mol. The predicted octanol–water partition coefficient (Wildman–Crippen LogP) is 4.23. The molecular formula is C21H22N2O4S. The summed E-state index contributed by atoms with van der Waals surface area (Å²) in [4.78, 5) is 31.5. The highest BCUT2D eigenvalue weighted by molar-refractivity contribution is 7.12. The van der Waals surface area contributed by atoms with Crippen LogP contribution in [-0.4, -0.2) is 27.0 Å². The smallest absolute Gasteiger partial charge is 0.331 e. The Kier molecular flexibility index (Phi) is 4.42. The Morgan fingerprint density at radius 1 is 1.07 bits per heavy atom. The Morgan fingerprint density at radius 2 is 1.86 bits per heavy atom. The molecule has 0 atom stereocenters. The predicted molar refractivity (Wildman–Crippen MR) is 103 cm³/mol. The summed E-state index contributed by atoms with van der Waals surface area (Å²) in [5.74, 6) is 0.691. The van der Waals surface area contributed by atoms with Crippen LogP contribution >= 0.6 is 11.3 Å². The summed E-state index contributed by atoms with van der Waals surface area (Å²) in [6.45, 7) is 0. The van der Waals surface area contributed by atoms with Crippen molar-refractivity contribution in [3.05, 3.63) is 32.3 Å². The number of nitrogens with zero attached hydrogens (tertiary/aromatic N) is 2. The quantitative estimate of drug-likeness (QED) is 0.783. The summed E-state index contributed by atoms with van der Waals surface area (Å²) in [6, 6.07) is 0. The highest BCUT2D eigenvalue weighted by Gasteiger charge is 2.33. The van der Waals surface area contributed by atoms with Gasteiger partial charge >= 0.3 is 5.97 Å². The molecule has 2 aromatic rings. The molecule has 0 amide bonds. The second-order valence-corrected chi connectivity index (χ2v) is 9.15. The first-order valence-electron chi connectivity index (χ1n) is 10.1. The molecule has 0 unspecified atom stereocenters. The minimum absolute atomic E-state index is 0.0693. The third-order valence-electron chi connectivity index (χ3n) is 5.98. The summed E-state index contributed by atoms with van der Waals surface area (Å²) in [6.07, 6.45) is 8.30. The van der Waals surface area contributed by atoms with Gasteiger partial charge < -0.3 is 9.63 Å². The van der Waals surface area contributed by atoms with Gasteiger partial charge in [0, 0.05) is 33.2 Å². The Morgan fingerprint density at radius 3 is 2.61 bits per heavy atom. The molecule has 2 heterocycles. The van der Waals surface area contributed by atoms with E-state index in [9.17, 15) is 14.7 Å². The van der Waals surface area contributed by atoms with Crippen LogP contribution in [0.5, 0.6) is 0 Å². The molecule has 3 aliphatic carbocycles. The number of carboxylic acid groups (broad SMARTS) is 1. The van der Waals surface area contributed by atoms with Crippen LogP contribution in [0.2, 0.25) is 0 Å². The Labute approximate surface area is 166 Å². The molecule has 146 valence electrons. The van der Waals surface area contributed by atoms with E-state index in [2.05, 4.69) is 10.1 Å². The van der Waals surface area contributed by atoms with Gasteiger partial charge in [-0.05, 0) is 63.4 Å². The maximum absolute atomic E-state index is 13.0. The number of aromatic nitrogens is 2. The monoisotopic (exact) mass is 398 g/mol. The summed E-state index contributed by atoms with van der Waals surface area (Å²) >= 11 is 1.66. The summed E-state index contributed by atoms with van der Waals surface area (Å²) in [5, 5.41) is 13.6. The number of fused-ring (bicyclic) bond motifs is 1. The zero-order valence-electron chi connectivity index (χ0n) is 15.6. The first-order valence-corrected chi connectivity index (χ1v) is 10.9. The summed E-state index contributed by atoms with van der Waals surface area (Å²) in [5.41, 5.74) is 2.99. The van der Waals surface area contributed by atoms with Gasteiger partial charge in [0.15, 0.2) is 11.6 Å². The molecule has 0 spiro atoms. The van der Waals surface area contributed by atoms with E-state index in [1.807, 2.05) is 0 Å². The van der Waals surface area contributed by atoms with Crippen molar-refractivity contribution in [3.63, 3.8) is 0 Å². The number of carboxylic acids is 1. The largest absolute Gasteiger partial charge is 0.478 e. The van der Waals surface area contributed by atoms with Gasteiger partial charge in [-0.25, -0.2) is 4.79 Å². The van der Waals surface area contributed by atoms with Gasteiger partial charge in [0.1, 0.15) is 0 Å². The number of hydrogen-bond acceptors (Lipinski definition) is 6. The molecule has 3 aliphatic rings. The van der Waals surface area contributed by atoms with Crippen LogP contribution < -0.4 is 0 Å². The maximum atomic E-state index is 13.0. The van der Waals surface area contributed by atoms with Gasteiger partial charge in [-0.1, -0.05) is 5.16 Å². The van der Waals surface area contributed by atoms with E-state index in [4.69, 9.17) is 4.52 Å². The highest BCUT2D eigenvalue weighted by atomic mass is 32.1. The van der Waals surface area contributed by atoms with Gasteiger partial charge in [-0.15, -0.1) is 11.3 Å². The van der Waals surface area contributed by atoms with Crippen LogP contribution in [0.3, 0.4) is 0 Å². The van der Waals surface area contributed by atoms with Gasteiger partial charge in [-0.3, -0.25) is 4.79 Å². The molecule has 5 rings (SSSR count). The molecule has 0 bridgehead atoms. The van der Waals surface area contributed by atoms with Gasteiger partial charge in [-0.2, -0.15) is 4.98 Å². The second-order valence-electron chi connectivity index (χ2n) is 7.96. The van der Waals surface area contributed by atoms with E-state index in [1.165, 1.54) is 10.4 Å². The van der Waals surface area contributed by atoms with Gasteiger partial charge in [0.05, 0.1) is 5.56 Å². The lowest BCUT2D eigenvalue weighted by atomic mass is 9.88. The number of allylic oxidation sites excluding steroid dienone is 1. The third kappa shape index (κ3) is 3.11. The van der Waals surface area contributed by atoms with Crippen molar-refractivity contribution in [1.82, 2.24) is 10.1 Å². The van der Waals surface area contributed by atoms with Crippen molar-refractivity contribution >= 4 is 23.1 Å². The molecule has 0 aromatic carbocycles. The number of rotatable bonds is 6. The van der Waals surface area contributed by atoms with Crippen molar-refractivity contribution in [2.75, 3.05) is 0 Å². The average Bonchev–Trinajstić information content (AvgIpc) is 3.10. The Bertz CT molecular complexity index is 996. The molecule has 1 N–H and O–H groups in total. The second kappa shape index (κ2) is 6.95. The molecule has 0 aliphatic heterocycles. The molecule has 1 saturated carbocycles. The fourth-order valence-corrected chi connectivity index (χ4v) is 5.77. The zero-order valence-corrected chi connectivity index (χ0v) is 16.4. The Balaban J connectivity index is 1.50. The number of carbonyl (C=O) groups is 2. The van der Waals surface area contributed by atoms with Crippen LogP contribution in [0.1, 0.15) is 72.0 Å². The van der Waals surface area contributed by atoms with E-state index in [1.54, 1.807) is 11.3 Å². The lowest BCUT2D eigenvalue weighted by molar-refractivity contribution is -0.133. The molecule has 2 aromatic heterocycles. The van der Waals surface area contributed by atoms with Crippen molar-refractivity contribution in [3.8, 4) is 11.5 Å². The normalized spacial score (nSPS) is 19.1. The summed E-state index contributed by atoms with van der Waals surface area (Å²) < 4.78 is 5.59. The third-order valence-corrected chi connectivity index (χ3v) is 7.27. The molecule has 1 fully saturated rings. The van der Waals surface area contributed by atoms with Crippen LogP contribution in [0.25, 0.3) is 11.5 Å². The molecule has 28 heavy (non-hydrogen) atoms. The van der Waals surface area contributed by atoms with E-state index in [0.29, 0.717) is 35.8 Å². The lowest BCUT2D eigenvalue weighted by Crippen LogP contribution is -2.17. The van der Waals surface area contributed by atoms with Crippen molar-refractivity contribution < 1.29 is 19.2 Å². The first kappa shape index (κ1) is 17.8. The van der Waals surface area contributed by atoms with Gasteiger partial charge in [0.25, 0.3) is 5.89 Å². The van der Waals surface area contributed by atoms with Crippen LogP contribution in [0.4, 0.5) is 0 Å². The van der Waals surface area contributed by atoms with E-state index in [-0.39, 0.29) is 12.2 Å². The highest BCUT2D eigenvalue weighted by Crippen LogP contribution is 2.44. The van der Waals surface area contributed by atoms with Crippen LogP contribution in [0, 0.1) is 0 Å². The number of hydrogen-bond donors (Lipinski definition) is 1. The number of carbonyl (C=O) groups excluding carboxylic acids is 1. The molecule has 6 nitrogen and oxygen atoms in total. The van der Waals surface area contributed by atoms with Crippen molar-refractivity contribution in [2.45, 2.75) is 70.1 Å². The maximum Gasteiger partial charge on any atom is 0.331 e. The minimum atomic E-state index is -0.956.